The van der Waals surface area contributed by atoms with E-state index in [-0.39, 0.29) is 17.0 Å². The van der Waals surface area contributed by atoms with E-state index in [1.165, 1.54) is 6.07 Å². The van der Waals surface area contributed by atoms with E-state index in [0.29, 0.717) is 42.6 Å². The number of nitrogens with one attached hydrogen (secondary N) is 1. The number of para-hydroxylation sites is 2. The van der Waals surface area contributed by atoms with Crippen LogP contribution >= 0.6 is 0 Å². The Labute approximate surface area is 200 Å². The zero-order valence-corrected chi connectivity index (χ0v) is 18.8. The van der Waals surface area contributed by atoms with Gasteiger partial charge >= 0.3 is 5.97 Å². The number of hydrogen-bond donors (Lipinski definition) is 1. The number of pyridine rings is 1. The first kappa shape index (κ1) is 20.5. The van der Waals surface area contributed by atoms with Gasteiger partial charge in [-0.1, -0.05) is 18.2 Å². The molecule has 1 saturated heterocycles. The van der Waals surface area contributed by atoms with Crippen LogP contribution in [-0.2, 0) is 15.8 Å². The van der Waals surface area contributed by atoms with Gasteiger partial charge in [-0.05, 0) is 49.7 Å². The second kappa shape index (κ2) is 7.05. The van der Waals surface area contributed by atoms with Gasteiger partial charge in [0.1, 0.15) is 17.8 Å². The quantitative estimate of drug-likeness (QED) is 0.362. The van der Waals surface area contributed by atoms with Crippen molar-refractivity contribution in [1.82, 2.24) is 19.9 Å². The fraction of sp³-hybridized carbons (Fsp3) is 0.259. The molecule has 1 unspecified atom stereocenters. The second-order valence-electron chi connectivity index (χ2n) is 9.57. The molecular formula is C27H21FN4O3. The molecule has 1 aliphatic carbocycles. The smallest absolute Gasteiger partial charge is 0.341 e. The van der Waals surface area contributed by atoms with Crippen LogP contribution in [-0.4, -0.2) is 39.4 Å². The van der Waals surface area contributed by atoms with E-state index < -0.39 is 22.8 Å². The summed E-state index contributed by atoms with van der Waals surface area (Å²) in [5, 5.41) is 3.23. The van der Waals surface area contributed by atoms with Crippen LogP contribution in [0.4, 0.5) is 4.39 Å². The van der Waals surface area contributed by atoms with E-state index in [9.17, 15) is 9.59 Å². The zero-order chi connectivity index (χ0) is 23.8. The zero-order valence-electron chi connectivity index (χ0n) is 18.8. The molecule has 2 aliphatic heterocycles. The van der Waals surface area contributed by atoms with Crippen molar-refractivity contribution >= 4 is 22.8 Å². The predicted octanol–water partition coefficient (Wildman–Crippen LogP) is 3.83. The number of fused-ring (bicyclic) bond motifs is 3. The molecule has 0 radical (unpaired) electrons. The van der Waals surface area contributed by atoms with Crippen molar-refractivity contribution < 1.29 is 18.7 Å². The number of rotatable bonds is 4. The highest BCUT2D eigenvalue weighted by molar-refractivity contribution is 6.12. The maximum atomic E-state index is 15.5. The molecule has 7 nitrogen and oxygen atoms in total. The summed E-state index contributed by atoms with van der Waals surface area (Å²) in [4.78, 5) is 35.4. The van der Waals surface area contributed by atoms with E-state index in [1.54, 1.807) is 30.7 Å². The van der Waals surface area contributed by atoms with Gasteiger partial charge in [-0.15, -0.1) is 0 Å². The summed E-state index contributed by atoms with van der Waals surface area (Å²) in [6.45, 7) is 1.24. The minimum Gasteiger partial charge on any atom is -0.449 e. The number of imidazole rings is 1. The average molecular weight is 468 g/mol. The molecule has 0 amide bonds. The Kier molecular flexibility index (Phi) is 4.12. The lowest BCUT2D eigenvalue weighted by Crippen LogP contribution is -2.29. The third kappa shape index (κ3) is 2.80. The van der Waals surface area contributed by atoms with Gasteiger partial charge in [-0.25, -0.2) is 14.2 Å². The maximum Gasteiger partial charge on any atom is 0.341 e. The number of halogens is 1. The topological polar surface area (TPSA) is 86.1 Å². The number of aromatic nitrogens is 3. The highest BCUT2D eigenvalue weighted by Crippen LogP contribution is 2.52. The molecule has 3 aliphatic rings. The third-order valence-electron chi connectivity index (χ3n) is 7.65. The van der Waals surface area contributed by atoms with E-state index >= 15 is 4.39 Å². The summed E-state index contributed by atoms with van der Waals surface area (Å²) in [6, 6.07) is 14.3. The van der Waals surface area contributed by atoms with Crippen LogP contribution in [0.2, 0.25) is 0 Å². The van der Waals surface area contributed by atoms with Crippen LogP contribution in [0.3, 0.4) is 0 Å². The van der Waals surface area contributed by atoms with Crippen molar-refractivity contribution in [3.05, 3.63) is 89.3 Å². The number of benzene rings is 2. The van der Waals surface area contributed by atoms with Gasteiger partial charge in [0.15, 0.2) is 11.4 Å². The largest absolute Gasteiger partial charge is 0.449 e. The number of hydrogen-bond acceptors (Lipinski definition) is 6. The van der Waals surface area contributed by atoms with E-state index in [0.717, 1.165) is 17.6 Å². The predicted molar refractivity (Wildman–Crippen MR) is 125 cm³/mol. The van der Waals surface area contributed by atoms with E-state index in [1.807, 2.05) is 28.8 Å². The number of carbonyl (C=O) groups is 2. The molecule has 174 valence electrons. The summed E-state index contributed by atoms with van der Waals surface area (Å²) in [5.41, 5.74) is 1.89. The molecule has 4 aromatic rings. The Morgan fingerprint density at radius 3 is 2.69 bits per heavy atom. The lowest BCUT2D eigenvalue weighted by atomic mass is 9.85. The first-order chi connectivity index (χ1) is 17.0. The Morgan fingerprint density at radius 1 is 1.06 bits per heavy atom. The summed E-state index contributed by atoms with van der Waals surface area (Å²) in [7, 11) is 0. The number of nitrogens with zero attached hydrogens (tertiary/aromatic N) is 3. The summed E-state index contributed by atoms with van der Waals surface area (Å²) in [5.74, 6) is -1.31. The Hall–Kier alpha value is -3.91. The van der Waals surface area contributed by atoms with Gasteiger partial charge < -0.3 is 10.1 Å². The molecule has 1 N–H and O–H groups in total. The Morgan fingerprint density at radius 2 is 1.91 bits per heavy atom. The van der Waals surface area contributed by atoms with Crippen LogP contribution in [0.25, 0.3) is 16.7 Å². The van der Waals surface area contributed by atoms with Crippen LogP contribution in [0.15, 0.2) is 61.1 Å². The molecular weight excluding hydrogens is 447 g/mol. The second-order valence-corrected chi connectivity index (χ2v) is 9.57. The highest BCUT2D eigenvalue weighted by atomic mass is 19.1. The van der Waals surface area contributed by atoms with E-state index in [2.05, 4.69) is 15.3 Å². The van der Waals surface area contributed by atoms with Crippen LogP contribution in [0.1, 0.15) is 51.2 Å². The van der Waals surface area contributed by atoms with Gasteiger partial charge in [0.05, 0.1) is 27.7 Å². The lowest BCUT2D eigenvalue weighted by Gasteiger charge is -2.21. The molecule has 1 spiro atoms. The average Bonchev–Trinajstić information content (AvgIpc) is 3.22. The fourth-order valence-corrected chi connectivity index (χ4v) is 5.67. The van der Waals surface area contributed by atoms with Crippen molar-refractivity contribution in [1.29, 1.82) is 0 Å². The SMILES string of the molecule is O=C1OC2(CCNC2)c2ccnc(C(=O)C3(c4ccc(-n5cnc6ccccc65)cc4F)CC3)c21. The molecule has 2 aromatic heterocycles. The molecule has 35 heavy (non-hydrogen) atoms. The van der Waals surface area contributed by atoms with Gasteiger partial charge in [0, 0.05) is 30.3 Å². The lowest BCUT2D eigenvalue weighted by molar-refractivity contribution is 0.00158. The monoisotopic (exact) mass is 468 g/mol. The van der Waals surface area contributed by atoms with Crippen molar-refractivity contribution in [2.24, 2.45) is 0 Å². The Balaban J connectivity index is 1.28. The Bertz CT molecular complexity index is 1550. The minimum absolute atomic E-state index is 0.0813. The van der Waals surface area contributed by atoms with Gasteiger partial charge in [0.2, 0.25) is 0 Å². The van der Waals surface area contributed by atoms with Crippen molar-refractivity contribution in [3.8, 4) is 5.69 Å². The fourth-order valence-electron chi connectivity index (χ4n) is 5.67. The molecule has 1 atom stereocenters. The normalized spacial score (nSPS) is 21.9. The number of carbonyl (C=O) groups excluding carboxylic acids is 2. The van der Waals surface area contributed by atoms with Crippen molar-refractivity contribution in [2.45, 2.75) is 30.3 Å². The summed E-state index contributed by atoms with van der Waals surface area (Å²) < 4.78 is 23.1. The minimum atomic E-state index is -1.02. The van der Waals surface area contributed by atoms with Gasteiger partial charge in [0.25, 0.3) is 0 Å². The number of ketones is 1. The van der Waals surface area contributed by atoms with Crippen LogP contribution in [0.5, 0.6) is 0 Å². The van der Waals surface area contributed by atoms with Gasteiger partial charge in [-0.2, -0.15) is 0 Å². The molecule has 1 saturated carbocycles. The molecule has 2 aromatic carbocycles. The van der Waals surface area contributed by atoms with Crippen LogP contribution in [0, 0.1) is 5.82 Å². The summed E-state index contributed by atoms with van der Waals surface area (Å²) in [6.07, 6.45) is 4.86. The van der Waals surface area contributed by atoms with E-state index in [4.69, 9.17) is 4.74 Å². The molecule has 8 heteroatoms. The van der Waals surface area contributed by atoms with Crippen molar-refractivity contribution in [2.75, 3.05) is 13.1 Å². The van der Waals surface area contributed by atoms with Crippen LogP contribution < -0.4 is 5.32 Å². The van der Waals surface area contributed by atoms with Crippen molar-refractivity contribution in [3.63, 3.8) is 0 Å². The molecule has 0 bridgehead atoms. The standard InChI is InChI=1S/C27H21FN4O3/c28-19-13-16(32-15-31-20-3-1-2-4-21(20)32)5-6-17(19)26(8-9-26)24(33)23-22-18(7-11-30-23)27(35-25(22)34)10-12-29-14-27/h1-7,11,13,15,29H,8-10,12,14H2. The summed E-state index contributed by atoms with van der Waals surface area (Å²) >= 11 is 0. The molecule has 7 rings (SSSR count). The highest BCUT2D eigenvalue weighted by Gasteiger charge is 2.56. The number of Topliss-reactive ketones (excluding diaryl/α,β-unsaturated/α-hetero) is 1. The number of esters is 1. The maximum absolute atomic E-state index is 15.5. The third-order valence-corrected chi connectivity index (χ3v) is 7.65. The first-order valence-corrected chi connectivity index (χ1v) is 11.7. The molecule has 4 heterocycles. The molecule has 2 fully saturated rings. The first-order valence-electron chi connectivity index (χ1n) is 11.7. The number of ether oxygens (including phenoxy) is 1. The van der Waals surface area contributed by atoms with Gasteiger partial charge in [-0.3, -0.25) is 14.3 Å².